The molecule has 59 heavy (non-hydrogen) atoms. The Morgan fingerprint density at radius 3 is 1.56 bits per heavy atom. The molecule has 4 aliphatic heterocycles. The maximum absolute atomic E-state index is 11.5. The fourth-order valence-electron chi connectivity index (χ4n) is 5.19. The molecule has 0 fully saturated rings. The van der Waals surface area contributed by atoms with E-state index >= 15 is 0 Å². The van der Waals surface area contributed by atoms with Gasteiger partial charge in [0.1, 0.15) is 28.6 Å². The van der Waals surface area contributed by atoms with E-state index in [4.69, 9.17) is 34.7 Å². The van der Waals surface area contributed by atoms with Gasteiger partial charge >= 0.3 is 6.09 Å². The van der Waals surface area contributed by atoms with E-state index in [1.165, 1.54) is 0 Å². The number of carbonyl (C=O) groups is 5. The van der Waals surface area contributed by atoms with Crippen LogP contribution in [0.1, 0.15) is 37.5 Å². The van der Waals surface area contributed by atoms with E-state index in [1.54, 1.807) is 51.1 Å². The second-order valence-corrected chi connectivity index (χ2v) is 14.4. The van der Waals surface area contributed by atoms with Gasteiger partial charge in [0, 0.05) is 17.6 Å². The van der Waals surface area contributed by atoms with E-state index in [-0.39, 0.29) is 62.5 Å². The number of halogens is 2. The van der Waals surface area contributed by atoms with Crippen LogP contribution in [0.5, 0.6) is 23.0 Å². The number of nitrogens with zero attached hydrogens (tertiary/aromatic N) is 1. The molecule has 7 N–H and O–H groups in total. The van der Waals surface area contributed by atoms with Crippen LogP contribution < -0.4 is 51.3 Å². The van der Waals surface area contributed by atoms with Crippen molar-refractivity contribution < 1.29 is 47.7 Å². The molecule has 5 amide bonds. The molecule has 0 unspecified atom stereocenters. The van der Waals surface area contributed by atoms with Gasteiger partial charge in [0.2, 0.25) is 0 Å². The summed E-state index contributed by atoms with van der Waals surface area (Å²) in [5.41, 5.74) is 9.88. The maximum Gasteiger partial charge on any atom is 0.407 e. The second kappa shape index (κ2) is 20.7. The number of anilines is 4. The summed E-state index contributed by atoms with van der Waals surface area (Å²) in [6.07, 6.45) is -0.476. The number of alkyl carbamates (subject to hydrolysis) is 1. The second-order valence-electron chi connectivity index (χ2n) is 13.5. The Labute approximate surface area is 353 Å². The molecule has 0 atom stereocenters. The highest BCUT2D eigenvalue weighted by Gasteiger charge is 2.19. The van der Waals surface area contributed by atoms with E-state index in [9.17, 15) is 24.0 Å². The topological polar surface area (TPSA) is 241 Å². The van der Waals surface area contributed by atoms with Gasteiger partial charge in [0.05, 0.1) is 34.4 Å². The first-order chi connectivity index (χ1) is 27.7. The summed E-state index contributed by atoms with van der Waals surface area (Å²) in [5.74, 6) is 2.05. The van der Waals surface area contributed by atoms with Crippen molar-refractivity contribution in [3.05, 3.63) is 94.0 Å². The monoisotopic (exact) mass is 893 g/mol. The molecule has 0 spiro atoms. The maximum atomic E-state index is 11.5. The minimum atomic E-state index is -0.526. The van der Waals surface area contributed by atoms with Crippen molar-refractivity contribution in [3.63, 3.8) is 0 Å². The van der Waals surface area contributed by atoms with Crippen molar-refractivity contribution >= 4 is 80.8 Å². The number of rotatable bonds is 3. The van der Waals surface area contributed by atoms with Crippen LogP contribution in [0.3, 0.4) is 0 Å². The van der Waals surface area contributed by atoms with Gasteiger partial charge in [-0.15, -0.1) is 12.4 Å². The number of fused-ring (bicyclic) bond motifs is 4. The van der Waals surface area contributed by atoms with Crippen molar-refractivity contribution in [3.8, 4) is 29.1 Å². The molecule has 0 radical (unpaired) electrons. The SMILES string of the molecule is CC(C)(C)OC(=O)NCc1ccc2c(c1)NC(=O)CO2.Cl.N#Cc1ccc2c(c1)NC(=O)CO2.NCc1ccc2c(c1)NC(=O)CO2.O=C1COc2ccc(Br)cc2N1. The highest BCUT2D eigenvalue weighted by molar-refractivity contribution is 9.10. The third-order valence-corrected chi connectivity index (χ3v) is 8.23. The number of nitrogens with one attached hydrogen (secondary N) is 5. The lowest BCUT2D eigenvalue weighted by Gasteiger charge is -2.20. The van der Waals surface area contributed by atoms with Gasteiger partial charge in [-0.3, -0.25) is 19.2 Å². The Morgan fingerprint density at radius 2 is 1.10 bits per heavy atom. The number of benzene rings is 4. The zero-order chi connectivity index (χ0) is 41.8. The number of amides is 5. The van der Waals surface area contributed by atoms with Crippen LogP contribution >= 0.6 is 28.3 Å². The Kier molecular flexibility index (Phi) is 15.9. The number of nitriles is 1. The molecule has 17 nitrogen and oxygen atoms in total. The molecule has 0 aromatic heterocycles. The zero-order valence-electron chi connectivity index (χ0n) is 32.1. The van der Waals surface area contributed by atoms with Gasteiger partial charge in [-0.2, -0.15) is 5.26 Å². The predicted molar refractivity (Wildman–Crippen MR) is 223 cm³/mol. The van der Waals surface area contributed by atoms with Crippen LogP contribution in [-0.4, -0.2) is 61.8 Å². The molecule has 310 valence electrons. The summed E-state index contributed by atoms with van der Waals surface area (Å²) in [6, 6.07) is 23.3. The highest BCUT2D eigenvalue weighted by atomic mass is 79.9. The van der Waals surface area contributed by atoms with Crippen LogP contribution in [0, 0.1) is 11.3 Å². The average Bonchev–Trinajstić information content (AvgIpc) is 3.19. The van der Waals surface area contributed by atoms with Crippen molar-refractivity contribution in [1.29, 1.82) is 5.26 Å². The standard InChI is InChI=1S/C14H18N2O4.C9H10N2O2.C9H6N2O2.C8H6BrNO2.ClH/c1-14(2,3)20-13(18)15-7-9-4-5-11-10(6-9)16-12(17)8-19-11;2*10-4-6-1-2-8-7(3-6)11-9(12)5-13-8;9-5-1-2-7-6(3-5)10-8(11)4-12-7;/h4-6H,7-8H2,1-3H3,(H,15,18)(H,16,17);1-3H,4-5,10H2,(H,11,12);1-3H,5H2,(H,11,12);1-3H,4H2,(H,10,11);1H. The van der Waals surface area contributed by atoms with E-state index in [1.807, 2.05) is 48.5 Å². The molecule has 0 bridgehead atoms. The molecule has 19 heteroatoms. The van der Waals surface area contributed by atoms with Crippen molar-refractivity contribution in [2.75, 3.05) is 47.7 Å². The van der Waals surface area contributed by atoms with Crippen LogP contribution in [0.2, 0.25) is 0 Å². The number of nitrogens with two attached hydrogens (primary N) is 1. The molecular weight excluding hydrogens is 854 g/mol. The third kappa shape index (κ3) is 13.8. The summed E-state index contributed by atoms with van der Waals surface area (Å²) in [6.45, 7) is 6.46. The Bertz CT molecular complexity index is 2260. The van der Waals surface area contributed by atoms with Gasteiger partial charge in [0.25, 0.3) is 23.6 Å². The molecule has 4 aliphatic rings. The van der Waals surface area contributed by atoms with Gasteiger partial charge in [0.15, 0.2) is 26.4 Å². The van der Waals surface area contributed by atoms with E-state index in [2.05, 4.69) is 42.5 Å². The Balaban J connectivity index is 0.000000177. The van der Waals surface area contributed by atoms with Crippen LogP contribution in [-0.2, 0) is 37.0 Å². The summed E-state index contributed by atoms with van der Waals surface area (Å²) in [5, 5.41) is 22.0. The predicted octanol–water partition coefficient (Wildman–Crippen LogP) is 5.61. The van der Waals surface area contributed by atoms with Gasteiger partial charge in [-0.25, -0.2) is 4.79 Å². The van der Waals surface area contributed by atoms with Crippen LogP contribution in [0.25, 0.3) is 0 Å². The first-order valence-corrected chi connectivity index (χ1v) is 18.4. The fraction of sp³-hybridized carbons (Fsp3) is 0.250. The van der Waals surface area contributed by atoms with Crippen molar-refractivity contribution in [1.82, 2.24) is 5.32 Å². The van der Waals surface area contributed by atoms with Gasteiger partial charge in [-0.05, 0) is 92.6 Å². The number of hydrogen-bond donors (Lipinski definition) is 6. The Hall–Kier alpha value is -6.55. The van der Waals surface area contributed by atoms with Gasteiger partial charge in [-0.1, -0.05) is 28.1 Å². The first kappa shape index (κ1) is 45.2. The summed E-state index contributed by atoms with van der Waals surface area (Å²) in [4.78, 5) is 55.5. The molecule has 4 heterocycles. The first-order valence-electron chi connectivity index (χ1n) is 17.6. The number of ether oxygens (including phenoxy) is 5. The van der Waals surface area contributed by atoms with Gasteiger partial charge < -0.3 is 56.0 Å². The minimum absolute atomic E-state index is 0. The largest absolute Gasteiger partial charge is 0.482 e. The minimum Gasteiger partial charge on any atom is -0.482 e. The molecule has 0 saturated heterocycles. The lowest BCUT2D eigenvalue weighted by atomic mass is 10.1. The summed E-state index contributed by atoms with van der Waals surface area (Å²) in [7, 11) is 0. The van der Waals surface area contributed by atoms with Crippen LogP contribution in [0.4, 0.5) is 27.5 Å². The summed E-state index contributed by atoms with van der Waals surface area (Å²) >= 11 is 3.30. The highest BCUT2D eigenvalue weighted by Crippen LogP contribution is 2.31. The molecule has 4 aromatic carbocycles. The lowest BCUT2D eigenvalue weighted by Crippen LogP contribution is -2.32. The number of carbonyl (C=O) groups excluding carboxylic acids is 5. The summed E-state index contributed by atoms with van der Waals surface area (Å²) < 4.78 is 26.8. The normalized spacial score (nSPS) is 13.8. The third-order valence-electron chi connectivity index (χ3n) is 7.74. The molecule has 4 aromatic rings. The molecule has 8 rings (SSSR count). The molecule has 0 saturated carbocycles. The molecule has 0 aliphatic carbocycles. The quantitative estimate of drug-likeness (QED) is 0.147. The van der Waals surface area contributed by atoms with E-state index in [0.717, 1.165) is 27.0 Å². The fourth-order valence-corrected chi connectivity index (χ4v) is 5.55. The Morgan fingerprint density at radius 1 is 0.695 bits per heavy atom. The van der Waals surface area contributed by atoms with E-state index in [0.29, 0.717) is 53.0 Å². The number of hydrogen-bond acceptors (Lipinski definition) is 12. The average molecular weight is 895 g/mol. The zero-order valence-corrected chi connectivity index (χ0v) is 34.5. The smallest absolute Gasteiger partial charge is 0.407 e. The molecular formula is C40H41BrClN7O10. The lowest BCUT2D eigenvalue weighted by molar-refractivity contribution is -0.119. The van der Waals surface area contributed by atoms with Crippen molar-refractivity contribution in [2.45, 2.75) is 39.5 Å². The van der Waals surface area contributed by atoms with E-state index < -0.39 is 11.7 Å². The van der Waals surface area contributed by atoms with Crippen LogP contribution in [0.15, 0.2) is 77.3 Å². The van der Waals surface area contributed by atoms with Crippen molar-refractivity contribution in [2.24, 2.45) is 5.73 Å².